The van der Waals surface area contributed by atoms with Crippen molar-refractivity contribution in [1.82, 2.24) is 4.90 Å². The van der Waals surface area contributed by atoms with Gasteiger partial charge in [-0.15, -0.1) is 0 Å². The molecule has 0 aliphatic carbocycles. The molecule has 3 N–H and O–H groups in total. The zero-order chi connectivity index (χ0) is 15.1. The number of nitrogens with zero attached hydrogens (tertiary/aromatic N) is 1. The number of hydrogen-bond acceptors (Lipinski definition) is 4. The van der Waals surface area contributed by atoms with E-state index in [4.69, 9.17) is 10.5 Å². The van der Waals surface area contributed by atoms with Gasteiger partial charge in [0.25, 0.3) is 0 Å². The van der Waals surface area contributed by atoms with Gasteiger partial charge in [-0.05, 0) is 62.9 Å². The van der Waals surface area contributed by atoms with Crippen molar-refractivity contribution in [2.24, 2.45) is 11.7 Å². The normalized spacial score (nSPS) is 18.6. The molecule has 1 heterocycles. The molecule has 0 radical (unpaired) electrons. The summed E-state index contributed by atoms with van der Waals surface area (Å²) in [6.45, 7) is 6.50. The lowest BCUT2D eigenvalue weighted by atomic mass is 9.92. The minimum atomic E-state index is -0.160. The van der Waals surface area contributed by atoms with Gasteiger partial charge in [0.1, 0.15) is 5.75 Å². The molecule has 1 atom stereocenters. The number of aliphatic hydroxyl groups excluding tert-OH is 1. The molecule has 0 bridgehead atoms. The monoisotopic (exact) mass is 292 g/mol. The Morgan fingerprint density at radius 1 is 1.29 bits per heavy atom. The molecule has 4 nitrogen and oxygen atoms in total. The zero-order valence-corrected chi connectivity index (χ0v) is 13.0. The third-order valence-corrected chi connectivity index (χ3v) is 4.36. The van der Waals surface area contributed by atoms with Crippen molar-refractivity contribution in [3.63, 3.8) is 0 Å². The molecular formula is C17H28N2O2. The van der Waals surface area contributed by atoms with E-state index in [0.29, 0.717) is 12.5 Å². The lowest BCUT2D eigenvalue weighted by molar-refractivity contribution is 0.0701. The van der Waals surface area contributed by atoms with Gasteiger partial charge in [-0.3, -0.25) is 0 Å². The van der Waals surface area contributed by atoms with E-state index in [0.717, 1.165) is 56.8 Å². The van der Waals surface area contributed by atoms with Crippen LogP contribution in [0.3, 0.4) is 0 Å². The minimum absolute atomic E-state index is 0.160. The fraction of sp³-hybridized carbons (Fsp3) is 0.647. The fourth-order valence-corrected chi connectivity index (χ4v) is 2.86. The Kier molecular flexibility index (Phi) is 6.49. The van der Waals surface area contributed by atoms with E-state index in [1.54, 1.807) is 0 Å². The molecule has 1 aliphatic rings. The van der Waals surface area contributed by atoms with E-state index < -0.39 is 0 Å². The van der Waals surface area contributed by atoms with Crippen LogP contribution in [0.5, 0.6) is 5.75 Å². The first-order chi connectivity index (χ1) is 10.2. The molecule has 1 aromatic rings. The second-order valence-electron chi connectivity index (χ2n) is 5.97. The molecule has 118 valence electrons. The van der Waals surface area contributed by atoms with Crippen LogP contribution in [0.1, 0.15) is 31.7 Å². The fourth-order valence-electron chi connectivity index (χ4n) is 2.86. The average molecular weight is 292 g/mol. The minimum Gasteiger partial charge on any atom is -0.494 e. The molecule has 2 rings (SSSR count). The molecule has 0 saturated carbocycles. The second kappa shape index (κ2) is 8.37. The largest absolute Gasteiger partial charge is 0.494 e. The Morgan fingerprint density at radius 3 is 2.52 bits per heavy atom. The van der Waals surface area contributed by atoms with Gasteiger partial charge in [0.05, 0.1) is 12.7 Å². The van der Waals surface area contributed by atoms with Crippen LogP contribution in [0.4, 0.5) is 0 Å². The van der Waals surface area contributed by atoms with Crippen molar-refractivity contribution < 1.29 is 9.84 Å². The Bertz CT molecular complexity index is 398. The van der Waals surface area contributed by atoms with E-state index in [1.165, 1.54) is 0 Å². The lowest BCUT2D eigenvalue weighted by Crippen LogP contribution is -2.37. The van der Waals surface area contributed by atoms with Crippen LogP contribution in [0.2, 0.25) is 0 Å². The first-order valence-corrected chi connectivity index (χ1v) is 8.01. The molecule has 1 aliphatic heterocycles. The predicted octanol–water partition coefficient (Wildman–Crippen LogP) is 2.01. The number of nitrogens with two attached hydrogens (primary N) is 1. The third-order valence-electron chi connectivity index (χ3n) is 4.36. The average Bonchev–Trinajstić information content (AvgIpc) is 2.52. The summed E-state index contributed by atoms with van der Waals surface area (Å²) < 4.78 is 5.75. The third kappa shape index (κ3) is 5.30. The SMILES string of the molecule is CC(O)C1CCN(CCCOc2ccc(CN)cc2)CC1. The van der Waals surface area contributed by atoms with Crippen molar-refractivity contribution in [2.45, 2.75) is 38.8 Å². The summed E-state index contributed by atoms with van der Waals surface area (Å²) in [6, 6.07) is 7.99. The van der Waals surface area contributed by atoms with Gasteiger partial charge in [-0.2, -0.15) is 0 Å². The van der Waals surface area contributed by atoms with E-state index in [-0.39, 0.29) is 6.10 Å². The summed E-state index contributed by atoms with van der Waals surface area (Å²) in [5.74, 6) is 1.40. The number of aliphatic hydroxyl groups is 1. The topological polar surface area (TPSA) is 58.7 Å². The number of benzene rings is 1. The molecule has 0 amide bonds. The van der Waals surface area contributed by atoms with Gasteiger partial charge in [0, 0.05) is 13.1 Å². The number of hydrogen-bond donors (Lipinski definition) is 2. The van der Waals surface area contributed by atoms with Crippen LogP contribution < -0.4 is 10.5 Å². The maximum absolute atomic E-state index is 9.59. The highest BCUT2D eigenvalue weighted by Crippen LogP contribution is 2.20. The summed E-state index contributed by atoms with van der Waals surface area (Å²) in [7, 11) is 0. The van der Waals surface area contributed by atoms with E-state index in [2.05, 4.69) is 4.90 Å². The van der Waals surface area contributed by atoms with Gasteiger partial charge in [-0.25, -0.2) is 0 Å². The molecule has 1 fully saturated rings. The number of ether oxygens (including phenoxy) is 1. The molecule has 1 aromatic carbocycles. The Hall–Kier alpha value is -1.10. The van der Waals surface area contributed by atoms with E-state index in [9.17, 15) is 5.11 Å². The van der Waals surface area contributed by atoms with Crippen LogP contribution in [0.15, 0.2) is 24.3 Å². The maximum Gasteiger partial charge on any atom is 0.119 e. The summed E-state index contributed by atoms with van der Waals surface area (Å²) >= 11 is 0. The van der Waals surface area contributed by atoms with Crippen molar-refractivity contribution in [3.05, 3.63) is 29.8 Å². The highest BCUT2D eigenvalue weighted by molar-refractivity contribution is 5.26. The molecule has 4 heteroatoms. The summed E-state index contributed by atoms with van der Waals surface area (Å²) in [5, 5.41) is 9.59. The van der Waals surface area contributed by atoms with Crippen molar-refractivity contribution in [3.8, 4) is 5.75 Å². The predicted molar refractivity (Wildman–Crippen MR) is 85.3 cm³/mol. The highest BCUT2D eigenvalue weighted by atomic mass is 16.5. The first-order valence-electron chi connectivity index (χ1n) is 8.01. The van der Waals surface area contributed by atoms with Crippen molar-refractivity contribution in [1.29, 1.82) is 0 Å². The maximum atomic E-state index is 9.59. The molecule has 0 spiro atoms. The van der Waals surface area contributed by atoms with Gasteiger partial charge in [-0.1, -0.05) is 12.1 Å². The van der Waals surface area contributed by atoms with Crippen molar-refractivity contribution >= 4 is 0 Å². The number of piperidine rings is 1. The smallest absolute Gasteiger partial charge is 0.119 e. The zero-order valence-electron chi connectivity index (χ0n) is 13.0. The Morgan fingerprint density at radius 2 is 1.95 bits per heavy atom. The molecule has 21 heavy (non-hydrogen) atoms. The number of rotatable bonds is 7. The Labute approximate surface area is 127 Å². The summed E-state index contributed by atoms with van der Waals surface area (Å²) in [4.78, 5) is 2.47. The van der Waals surface area contributed by atoms with Crippen LogP contribution in [-0.2, 0) is 6.54 Å². The van der Waals surface area contributed by atoms with E-state index in [1.807, 2.05) is 31.2 Å². The van der Waals surface area contributed by atoms with Gasteiger partial charge < -0.3 is 20.5 Å². The van der Waals surface area contributed by atoms with Crippen LogP contribution >= 0.6 is 0 Å². The highest BCUT2D eigenvalue weighted by Gasteiger charge is 2.21. The number of likely N-dealkylation sites (tertiary alicyclic amines) is 1. The van der Waals surface area contributed by atoms with Crippen LogP contribution in [0.25, 0.3) is 0 Å². The summed E-state index contributed by atoms with van der Waals surface area (Å²) in [6.07, 6.45) is 3.10. The van der Waals surface area contributed by atoms with Crippen LogP contribution in [0, 0.1) is 5.92 Å². The van der Waals surface area contributed by atoms with Crippen LogP contribution in [-0.4, -0.2) is 42.4 Å². The molecule has 0 aromatic heterocycles. The molecular weight excluding hydrogens is 264 g/mol. The Balaban J connectivity index is 1.59. The van der Waals surface area contributed by atoms with E-state index >= 15 is 0 Å². The molecule has 1 unspecified atom stereocenters. The first kappa shape index (κ1) is 16.3. The van der Waals surface area contributed by atoms with Gasteiger partial charge in [0.2, 0.25) is 0 Å². The second-order valence-corrected chi connectivity index (χ2v) is 5.97. The van der Waals surface area contributed by atoms with Gasteiger partial charge in [0.15, 0.2) is 0 Å². The standard InChI is InChI=1S/C17H28N2O2/c1-14(20)16-7-10-19(11-8-16)9-2-12-21-17-5-3-15(13-18)4-6-17/h3-6,14,16,20H,2,7-13,18H2,1H3. The van der Waals surface area contributed by atoms with Gasteiger partial charge >= 0.3 is 0 Å². The molecule has 1 saturated heterocycles. The quantitative estimate of drug-likeness (QED) is 0.755. The summed E-state index contributed by atoms with van der Waals surface area (Å²) in [5.41, 5.74) is 6.70. The lowest BCUT2D eigenvalue weighted by Gasteiger charge is -2.33. The van der Waals surface area contributed by atoms with Crippen molar-refractivity contribution in [2.75, 3.05) is 26.2 Å².